The predicted molar refractivity (Wildman–Crippen MR) is 89.7 cm³/mol. The number of nitrogens with one attached hydrogen (secondary N) is 1. The number of hydrogen-bond acceptors (Lipinski definition) is 3. The van der Waals surface area contributed by atoms with Gasteiger partial charge in [0.1, 0.15) is 0 Å². The standard InChI is InChI=1S/C19H21NO2/c1-3-12-20-17-10-8-16(9-11-17)19(22)13-18(21)15-6-4-14(2)5-7-15/h4-11,20H,3,12-13H2,1-2H3. The minimum atomic E-state index is -0.146. The van der Waals surface area contributed by atoms with Gasteiger partial charge in [-0.05, 0) is 37.6 Å². The average molecular weight is 295 g/mol. The van der Waals surface area contributed by atoms with Crippen LogP contribution in [0.4, 0.5) is 5.69 Å². The van der Waals surface area contributed by atoms with Gasteiger partial charge >= 0.3 is 0 Å². The van der Waals surface area contributed by atoms with Gasteiger partial charge in [-0.1, -0.05) is 36.8 Å². The number of ketones is 2. The Kier molecular flexibility index (Phi) is 5.48. The van der Waals surface area contributed by atoms with Crippen molar-refractivity contribution >= 4 is 17.3 Å². The molecular formula is C19H21NO2. The molecule has 0 saturated heterocycles. The molecule has 0 unspecified atom stereocenters. The summed E-state index contributed by atoms with van der Waals surface area (Å²) < 4.78 is 0. The highest BCUT2D eigenvalue weighted by molar-refractivity contribution is 6.13. The fourth-order valence-electron chi connectivity index (χ4n) is 2.13. The molecule has 2 rings (SSSR count). The van der Waals surface area contributed by atoms with Gasteiger partial charge in [0.15, 0.2) is 11.6 Å². The normalized spacial score (nSPS) is 10.3. The first-order chi connectivity index (χ1) is 10.6. The van der Waals surface area contributed by atoms with Crippen LogP contribution < -0.4 is 5.32 Å². The number of benzene rings is 2. The minimum Gasteiger partial charge on any atom is -0.385 e. The summed E-state index contributed by atoms with van der Waals surface area (Å²) in [6.07, 6.45) is 0.955. The maximum atomic E-state index is 12.2. The second kappa shape index (κ2) is 7.55. The van der Waals surface area contributed by atoms with E-state index in [0.29, 0.717) is 11.1 Å². The van der Waals surface area contributed by atoms with E-state index in [0.717, 1.165) is 24.2 Å². The van der Waals surface area contributed by atoms with Gasteiger partial charge in [0, 0.05) is 23.4 Å². The minimum absolute atomic E-state index is 0.0925. The van der Waals surface area contributed by atoms with Crippen LogP contribution in [0.5, 0.6) is 0 Å². The molecule has 3 heteroatoms. The molecule has 0 radical (unpaired) electrons. The summed E-state index contributed by atoms with van der Waals surface area (Å²) >= 11 is 0. The number of carbonyl (C=O) groups is 2. The number of hydrogen-bond donors (Lipinski definition) is 1. The van der Waals surface area contributed by atoms with Crippen LogP contribution in [0.25, 0.3) is 0 Å². The van der Waals surface area contributed by atoms with E-state index in [9.17, 15) is 9.59 Å². The van der Waals surface area contributed by atoms with Crippen molar-refractivity contribution in [2.75, 3.05) is 11.9 Å². The molecule has 0 aliphatic carbocycles. The monoisotopic (exact) mass is 295 g/mol. The third-order valence-corrected chi connectivity index (χ3v) is 3.48. The summed E-state index contributed by atoms with van der Waals surface area (Å²) in [4.78, 5) is 24.3. The van der Waals surface area contributed by atoms with Crippen molar-refractivity contribution < 1.29 is 9.59 Å². The van der Waals surface area contributed by atoms with E-state index in [1.165, 1.54) is 0 Å². The van der Waals surface area contributed by atoms with E-state index in [2.05, 4.69) is 12.2 Å². The second-order valence-electron chi connectivity index (χ2n) is 5.39. The van der Waals surface area contributed by atoms with Gasteiger partial charge in [0.2, 0.25) is 0 Å². The molecule has 3 nitrogen and oxygen atoms in total. The van der Waals surface area contributed by atoms with Crippen molar-refractivity contribution in [2.24, 2.45) is 0 Å². The van der Waals surface area contributed by atoms with Crippen LogP contribution in [0, 0.1) is 6.92 Å². The molecular weight excluding hydrogens is 274 g/mol. The second-order valence-corrected chi connectivity index (χ2v) is 5.39. The molecule has 0 aromatic heterocycles. The molecule has 0 heterocycles. The first kappa shape index (κ1) is 16.0. The molecule has 0 bridgehead atoms. The fraction of sp³-hybridized carbons (Fsp3) is 0.263. The highest BCUT2D eigenvalue weighted by Crippen LogP contribution is 2.13. The van der Waals surface area contributed by atoms with Crippen LogP contribution in [-0.2, 0) is 0 Å². The number of rotatable bonds is 7. The molecule has 22 heavy (non-hydrogen) atoms. The number of Topliss-reactive ketones (excluding diaryl/α,β-unsaturated/α-hetero) is 2. The molecule has 0 spiro atoms. The first-order valence-electron chi connectivity index (χ1n) is 7.57. The molecule has 114 valence electrons. The van der Waals surface area contributed by atoms with Gasteiger partial charge < -0.3 is 5.32 Å². The number of carbonyl (C=O) groups excluding carboxylic acids is 2. The third-order valence-electron chi connectivity index (χ3n) is 3.48. The van der Waals surface area contributed by atoms with Crippen molar-refractivity contribution in [2.45, 2.75) is 26.7 Å². The first-order valence-corrected chi connectivity index (χ1v) is 7.57. The Balaban J connectivity index is 1.99. The Labute approximate surface area is 131 Å². The quantitative estimate of drug-likeness (QED) is 0.613. The van der Waals surface area contributed by atoms with Gasteiger partial charge in [-0.3, -0.25) is 9.59 Å². The lowest BCUT2D eigenvalue weighted by Crippen LogP contribution is -2.09. The Morgan fingerprint density at radius 2 is 1.36 bits per heavy atom. The summed E-state index contributed by atoms with van der Waals surface area (Å²) in [5, 5.41) is 3.25. The zero-order chi connectivity index (χ0) is 15.9. The van der Waals surface area contributed by atoms with Crippen LogP contribution in [0.3, 0.4) is 0 Å². The lowest BCUT2D eigenvalue weighted by molar-refractivity contribution is 0.0894. The van der Waals surface area contributed by atoms with E-state index in [1.807, 2.05) is 31.2 Å². The summed E-state index contributed by atoms with van der Waals surface area (Å²) in [5.74, 6) is -0.286. The van der Waals surface area contributed by atoms with Crippen molar-refractivity contribution in [3.05, 3.63) is 65.2 Å². The zero-order valence-electron chi connectivity index (χ0n) is 13.1. The molecule has 2 aromatic rings. The highest BCUT2D eigenvalue weighted by atomic mass is 16.1. The van der Waals surface area contributed by atoms with Crippen molar-refractivity contribution in [1.82, 2.24) is 0 Å². The molecule has 0 saturated carbocycles. The van der Waals surface area contributed by atoms with Crippen LogP contribution >= 0.6 is 0 Å². The molecule has 0 amide bonds. The summed E-state index contributed by atoms with van der Waals surface area (Å²) in [6.45, 7) is 4.97. The van der Waals surface area contributed by atoms with Gasteiger partial charge in [-0.25, -0.2) is 0 Å². The van der Waals surface area contributed by atoms with Crippen LogP contribution in [0.15, 0.2) is 48.5 Å². The summed E-state index contributed by atoms with van der Waals surface area (Å²) in [7, 11) is 0. The SMILES string of the molecule is CCCNc1ccc(C(=O)CC(=O)c2ccc(C)cc2)cc1. The number of aryl methyl sites for hydroxylation is 1. The van der Waals surface area contributed by atoms with Crippen LogP contribution in [0.2, 0.25) is 0 Å². The lowest BCUT2D eigenvalue weighted by Gasteiger charge is -2.06. The molecule has 0 atom stereocenters. The average Bonchev–Trinajstić information content (AvgIpc) is 2.54. The smallest absolute Gasteiger partial charge is 0.170 e. The lowest BCUT2D eigenvalue weighted by atomic mass is 10.0. The van der Waals surface area contributed by atoms with Gasteiger partial charge in [-0.15, -0.1) is 0 Å². The largest absolute Gasteiger partial charge is 0.385 e. The summed E-state index contributed by atoms with van der Waals surface area (Å²) in [6, 6.07) is 14.6. The van der Waals surface area contributed by atoms with Gasteiger partial charge in [0.05, 0.1) is 6.42 Å². The Bertz CT molecular complexity index is 642. The van der Waals surface area contributed by atoms with Crippen molar-refractivity contribution in [3.63, 3.8) is 0 Å². The summed E-state index contributed by atoms with van der Waals surface area (Å²) in [5.41, 5.74) is 3.24. The van der Waals surface area contributed by atoms with Crippen molar-refractivity contribution in [1.29, 1.82) is 0 Å². The van der Waals surface area contributed by atoms with Gasteiger partial charge in [0.25, 0.3) is 0 Å². The van der Waals surface area contributed by atoms with Crippen LogP contribution in [-0.4, -0.2) is 18.1 Å². The molecule has 1 N–H and O–H groups in total. The van der Waals surface area contributed by atoms with E-state index in [4.69, 9.17) is 0 Å². The zero-order valence-corrected chi connectivity index (χ0v) is 13.1. The Hall–Kier alpha value is -2.42. The molecule has 0 aliphatic heterocycles. The van der Waals surface area contributed by atoms with Crippen molar-refractivity contribution in [3.8, 4) is 0 Å². The topological polar surface area (TPSA) is 46.2 Å². The third kappa shape index (κ3) is 4.29. The molecule has 0 fully saturated rings. The molecule has 2 aromatic carbocycles. The van der Waals surface area contributed by atoms with E-state index >= 15 is 0 Å². The Morgan fingerprint density at radius 1 is 0.864 bits per heavy atom. The predicted octanol–water partition coefficient (Wildman–Crippen LogP) is 4.27. The van der Waals surface area contributed by atoms with Crippen LogP contribution in [0.1, 0.15) is 46.0 Å². The van der Waals surface area contributed by atoms with E-state index < -0.39 is 0 Å². The maximum Gasteiger partial charge on any atom is 0.170 e. The van der Waals surface area contributed by atoms with Gasteiger partial charge in [-0.2, -0.15) is 0 Å². The van der Waals surface area contributed by atoms with E-state index in [1.54, 1.807) is 24.3 Å². The fourth-order valence-corrected chi connectivity index (χ4v) is 2.13. The maximum absolute atomic E-state index is 12.2. The Morgan fingerprint density at radius 3 is 1.86 bits per heavy atom. The number of anilines is 1. The highest BCUT2D eigenvalue weighted by Gasteiger charge is 2.13. The molecule has 0 aliphatic rings. The van der Waals surface area contributed by atoms with E-state index in [-0.39, 0.29) is 18.0 Å².